The van der Waals surface area contributed by atoms with Crippen LogP contribution in [0.5, 0.6) is 5.75 Å². The van der Waals surface area contributed by atoms with Gasteiger partial charge in [0.2, 0.25) is 10.0 Å². The molecule has 0 amide bonds. The van der Waals surface area contributed by atoms with Crippen molar-refractivity contribution < 1.29 is 13.2 Å². The fourth-order valence-electron chi connectivity index (χ4n) is 2.22. The Morgan fingerprint density at radius 2 is 2.32 bits per heavy atom. The largest absolute Gasteiger partial charge is 0.497 e. The van der Waals surface area contributed by atoms with Gasteiger partial charge in [-0.05, 0) is 37.9 Å². The maximum atomic E-state index is 12.0. The molecule has 1 aromatic carbocycles. The average molecular weight is 284 g/mol. The number of anilines is 1. The molecule has 2 N–H and O–H groups in total. The summed E-state index contributed by atoms with van der Waals surface area (Å²) in [7, 11) is -1.74. The molecule has 1 unspecified atom stereocenters. The molecule has 0 aliphatic carbocycles. The molecule has 1 fully saturated rings. The van der Waals surface area contributed by atoms with E-state index in [1.54, 1.807) is 31.4 Å². The van der Waals surface area contributed by atoms with Crippen molar-refractivity contribution in [2.24, 2.45) is 0 Å². The molecule has 106 valence electrons. The van der Waals surface area contributed by atoms with Crippen LogP contribution < -0.4 is 14.8 Å². The van der Waals surface area contributed by atoms with Crippen molar-refractivity contribution in [2.75, 3.05) is 24.1 Å². The van der Waals surface area contributed by atoms with E-state index in [1.807, 2.05) is 0 Å². The second-order valence-electron chi connectivity index (χ2n) is 4.73. The van der Waals surface area contributed by atoms with Crippen LogP contribution in [-0.2, 0) is 10.0 Å². The van der Waals surface area contributed by atoms with Gasteiger partial charge in [-0.1, -0.05) is 6.07 Å². The van der Waals surface area contributed by atoms with Crippen LogP contribution in [0.2, 0.25) is 0 Å². The molecule has 1 atom stereocenters. The Balaban J connectivity index is 1.91. The molecular weight excluding hydrogens is 264 g/mol. The number of benzene rings is 1. The van der Waals surface area contributed by atoms with Gasteiger partial charge < -0.3 is 10.1 Å². The monoisotopic (exact) mass is 284 g/mol. The highest BCUT2D eigenvalue weighted by Crippen LogP contribution is 2.18. The van der Waals surface area contributed by atoms with Gasteiger partial charge in [-0.2, -0.15) is 0 Å². The predicted molar refractivity (Wildman–Crippen MR) is 76.0 cm³/mol. The van der Waals surface area contributed by atoms with Crippen molar-refractivity contribution in [1.82, 2.24) is 5.32 Å². The van der Waals surface area contributed by atoms with E-state index in [-0.39, 0.29) is 5.75 Å². The third-order valence-electron chi connectivity index (χ3n) is 3.24. The van der Waals surface area contributed by atoms with Gasteiger partial charge >= 0.3 is 0 Å². The second kappa shape index (κ2) is 6.25. The third-order valence-corrected chi connectivity index (χ3v) is 4.56. The van der Waals surface area contributed by atoms with Crippen LogP contribution in [0.25, 0.3) is 0 Å². The lowest BCUT2D eigenvalue weighted by Gasteiger charge is -2.12. The summed E-state index contributed by atoms with van der Waals surface area (Å²) < 4.78 is 31.6. The summed E-state index contributed by atoms with van der Waals surface area (Å²) in [6, 6.07) is 7.26. The van der Waals surface area contributed by atoms with Gasteiger partial charge in [0.1, 0.15) is 5.75 Å². The first-order chi connectivity index (χ1) is 9.09. The molecule has 19 heavy (non-hydrogen) atoms. The zero-order chi connectivity index (χ0) is 13.7. The first kappa shape index (κ1) is 14.1. The number of sulfonamides is 1. The van der Waals surface area contributed by atoms with Gasteiger partial charge in [0.05, 0.1) is 18.6 Å². The minimum atomic E-state index is -3.29. The number of hydrogen-bond acceptors (Lipinski definition) is 4. The second-order valence-corrected chi connectivity index (χ2v) is 6.58. The molecule has 0 aromatic heterocycles. The molecule has 2 rings (SSSR count). The van der Waals surface area contributed by atoms with E-state index in [4.69, 9.17) is 4.74 Å². The molecule has 1 aliphatic rings. The third kappa shape index (κ3) is 4.40. The van der Waals surface area contributed by atoms with Gasteiger partial charge in [0.15, 0.2) is 0 Å². The molecule has 0 radical (unpaired) electrons. The van der Waals surface area contributed by atoms with Crippen LogP contribution in [-0.4, -0.2) is 33.9 Å². The molecule has 1 aliphatic heterocycles. The van der Waals surface area contributed by atoms with Crippen LogP contribution in [0, 0.1) is 0 Å². The topological polar surface area (TPSA) is 67.4 Å². The Bertz CT molecular complexity index is 510. The standard InChI is InChI=1S/C13H20N2O3S/c1-18-13-6-2-4-12(10-13)15-19(16,17)9-7-11-5-3-8-14-11/h2,4,6,10-11,14-15H,3,5,7-9H2,1H3. The van der Waals surface area contributed by atoms with Gasteiger partial charge in [-0.3, -0.25) is 4.72 Å². The molecule has 0 spiro atoms. The summed E-state index contributed by atoms with van der Waals surface area (Å²) in [6.45, 7) is 0.994. The van der Waals surface area contributed by atoms with E-state index in [9.17, 15) is 8.42 Å². The lowest BCUT2D eigenvalue weighted by molar-refractivity contribution is 0.415. The quantitative estimate of drug-likeness (QED) is 0.832. The van der Waals surface area contributed by atoms with Crippen molar-refractivity contribution in [3.8, 4) is 5.75 Å². The molecule has 1 aromatic rings. The van der Waals surface area contributed by atoms with Gasteiger partial charge in [0, 0.05) is 12.1 Å². The lowest BCUT2D eigenvalue weighted by Crippen LogP contribution is -2.26. The van der Waals surface area contributed by atoms with Crippen LogP contribution in [0.3, 0.4) is 0 Å². The summed E-state index contributed by atoms with van der Waals surface area (Å²) >= 11 is 0. The molecule has 0 bridgehead atoms. The summed E-state index contributed by atoms with van der Waals surface area (Å²) in [6.07, 6.45) is 2.85. The molecule has 1 heterocycles. The summed E-state index contributed by atoms with van der Waals surface area (Å²) in [5.74, 6) is 0.777. The highest BCUT2D eigenvalue weighted by molar-refractivity contribution is 7.92. The number of methoxy groups -OCH3 is 1. The number of rotatable bonds is 6. The van der Waals surface area contributed by atoms with E-state index in [0.29, 0.717) is 23.9 Å². The summed E-state index contributed by atoms with van der Waals surface area (Å²) in [5, 5.41) is 3.30. The molecule has 1 saturated heterocycles. The van der Waals surface area contributed by atoms with Gasteiger partial charge in [-0.25, -0.2) is 8.42 Å². The summed E-state index contributed by atoms with van der Waals surface area (Å²) in [4.78, 5) is 0. The fraction of sp³-hybridized carbons (Fsp3) is 0.538. The molecular formula is C13H20N2O3S. The normalized spacial score (nSPS) is 19.3. The van der Waals surface area contributed by atoms with Crippen molar-refractivity contribution in [3.05, 3.63) is 24.3 Å². The maximum Gasteiger partial charge on any atom is 0.232 e. The highest BCUT2D eigenvalue weighted by atomic mass is 32.2. The first-order valence-electron chi connectivity index (χ1n) is 6.47. The fourth-order valence-corrected chi connectivity index (χ4v) is 3.40. The molecule has 0 saturated carbocycles. The van der Waals surface area contributed by atoms with Crippen molar-refractivity contribution in [3.63, 3.8) is 0 Å². The van der Waals surface area contributed by atoms with Gasteiger partial charge in [0.25, 0.3) is 0 Å². The van der Waals surface area contributed by atoms with Crippen molar-refractivity contribution >= 4 is 15.7 Å². The Morgan fingerprint density at radius 3 is 3.00 bits per heavy atom. The van der Waals surface area contributed by atoms with E-state index < -0.39 is 10.0 Å². The van der Waals surface area contributed by atoms with Gasteiger partial charge in [-0.15, -0.1) is 0 Å². The molecule has 6 heteroatoms. The number of nitrogens with one attached hydrogen (secondary N) is 2. The average Bonchev–Trinajstić information content (AvgIpc) is 2.89. The molecule has 5 nitrogen and oxygen atoms in total. The Labute approximate surface area is 114 Å². The van der Waals surface area contributed by atoms with Crippen LogP contribution in [0.1, 0.15) is 19.3 Å². The maximum absolute atomic E-state index is 12.0. The smallest absolute Gasteiger partial charge is 0.232 e. The van der Waals surface area contributed by atoms with Crippen molar-refractivity contribution in [1.29, 1.82) is 0 Å². The van der Waals surface area contributed by atoms with Crippen LogP contribution in [0.15, 0.2) is 24.3 Å². The Kier molecular flexibility index (Phi) is 4.66. The summed E-state index contributed by atoms with van der Waals surface area (Å²) in [5.41, 5.74) is 0.540. The van der Waals surface area contributed by atoms with E-state index in [1.165, 1.54) is 0 Å². The lowest BCUT2D eigenvalue weighted by atomic mass is 10.2. The SMILES string of the molecule is COc1cccc(NS(=O)(=O)CCC2CCCN2)c1. The Morgan fingerprint density at radius 1 is 1.47 bits per heavy atom. The minimum Gasteiger partial charge on any atom is -0.497 e. The minimum absolute atomic E-state index is 0.141. The zero-order valence-corrected chi connectivity index (χ0v) is 11.9. The predicted octanol–water partition coefficient (Wildman–Crippen LogP) is 1.58. The number of ether oxygens (including phenoxy) is 1. The van der Waals surface area contributed by atoms with E-state index >= 15 is 0 Å². The Hall–Kier alpha value is -1.27. The highest BCUT2D eigenvalue weighted by Gasteiger charge is 2.18. The van der Waals surface area contributed by atoms with E-state index in [0.717, 1.165) is 19.4 Å². The number of hydrogen-bond donors (Lipinski definition) is 2. The zero-order valence-electron chi connectivity index (χ0n) is 11.1. The first-order valence-corrected chi connectivity index (χ1v) is 8.12. The van der Waals surface area contributed by atoms with Crippen LogP contribution >= 0.6 is 0 Å². The van der Waals surface area contributed by atoms with Crippen LogP contribution in [0.4, 0.5) is 5.69 Å². The van der Waals surface area contributed by atoms with E-state index in [2.05, 4.69) is 10.0 Å². The van der Waals surface area contributed by atoms with Crippen molar-refractivity contribution in [2.45, 2.75) is 25.3 Å².